The predicted molar refractivity (Wildman–Crippen MR) is 144 cm³/mol. The van der Waals surface area contributed by atoms with E-state index >= 15 is 0 Å². The van der Waals surface area contributed by atoms with E-state index in [4.69, 9.17) is 14.0 Å². The number of amides is 1. The van der Waals surface area contributed by atoms with Crippen molar-refractivity contribution < 1.29 is 18.8 Å². The van der Waals surface area contributed by atoms with Crippen molar-refractivity contribution in [1.29, 1.82) is 0 Å². The minimum Gasteiger partial charge on any atom is -0.497 e. The molecule has 6 heteroatoms. The molecule has 0 aliphatic carbocycles. The molecule has 6 nitrogen and oxygen atoms in total. The maximum Gasteiger partial charge on any atom is 0.234 e. The Labute approximate surface area is 217 Å². The highest BCUT2D eigenvalue weighted by Crippen LogP contribution is 2.36. The van der Waals surface area contributed by atoms with Crippen LogP contribution in [0.2, 0.25) is 0 Å². The van der Waals surface area contributed by atoms with Crippen LogP contribution in [0.15, 0.2) is 77.3 Å². The molecule has 1 aromatic heterocycles. The number of fused-ring (bicyclic) bond motifs is 1. The van der Waals surface area contributed by atoms with Gasteiger partial charge in [0.15, 0.2) is 0 Å². The summed E-state index contributed by atoms with van der Waals surface area (Å²) in [5.74, 6) is 2.03. The highest BCUT2D eigenvalue weighted by atomic mass is 16.5. The first-order chi connectivity index (χ1) is 17.9. The van der Waals surface area contributed by atoms with Gasteiger partial charge in [-0.25, -0.2) is 0 Å². The molecule has 1 aliphatic rings. The van der Waals surface area contributed by atoms with Crippen LogP contribution >= 0.6 is 0 Å². The molecule has 0 radical (unpaired) electrons. The van der Waals surface area contributed by atoms with Crippen molar-refractivity contribution in [2.75, 3.05) is 18.6 Å². The number of anilines is 1. The van der Waals surface area contributed by atoms with E-state index < -0.39 is 0 Å². The van der Waals surface area contributed by atoms with Gasteiger partial charge >= 0.3 is 0 Å². The highest BCUT2D eigenvalue weighted by Gasteiger charge is 2.31. The van der Waals surface area contributed by atoms with Crippen molar-refractivity contribution in [3.63, 3.8) is 0 Å². The van der Waals surface area contributed by atoms with Gasteiger partial charge in [0.25, 0.3) is 0 Å². The molecule has 0 saturated heterocycles. The smallest absolute Gasteiger partial charge is 0.234 e. The first-order valence-electron chi connectivity index (χ1n) is 12.7. The summed E-state index contributed by atoms with van der Waals surface area (Å²) in [5.41, 5.74) is 5.95. The molecule has 0 spiro atoms. The van der Waals surface area contributed by atoms with Crippen LogP contribution in [0.3, 0.4) is 0 Å². The number of aromatic nitrogens is 1. The van der Waals surface area contributed by atoms with Crippen molar-refractivity contribution >= 4 is 11.6 Å². The molecule has 4 aromatic rings. The lowest BCUT2D eigenvalue weighted by atomic mass is 9.97. The zero-order valence-electron chi connectivity index (χ0n) is 21.7. The average molecular weight is 497 g/mol. The normalized spacial score (nSPS) is 16.0. The Morgan fingerprint density at radius 1 is 1.03 bits per heavy atom. The second kappa shape index (κ2) is 10.5. The monoisotopic (exact) mass is 496 g/mol. The third kappa shape index (κ3) is 5.10. The van der Waals surface area contributed by atoms with E-state index in [0.29, 0.717) is 6.54 Å². The van der Waals surface area contributed by atoms with Gasteiger partial charge in [-0.3, -0.25) is 4.79 Å². The standard InChI is InChI=1S/C31H32N2O4/c1-20(23-9-6-5-7-10-23)31(34)33-19-28(36-27-12-8-11-26(18-27)35-4)15-13-24-17-25(14-16-29(24)33)30-21(2)32-37-22(30)3/h5-12,14,16-18,20,28H,13,15,19H2,1-4H3. The average Bonchev–Trinajstić information content (AvgIpc) is 3.16. The van der Waals surface area contributed by atoms with Crippen molar-refractivity contribution in [3.8, 4) is 22.6 Å². The number of aryl methyl sites for hydroxylation is 3. The fourth-order valence-electron chi connectivity index (χ4n) is 5.10. The van der Waals surface area contributed by atoms with Crippen LogP contribution < -0.4 is 14.4 Å². The predicted octanol–water partition coefficient (Wildman–Crippen LogP) is 6.50. The van der Waals surface area contributed by atoms with Crippen LogP contribution in [0.1, 0.15) is 41.8 Å². The second-order valence-corrected chi connectivity index (χ2v) is 9.58. The number of rotatable bonds is 6. The number of ether oxygens (including phenoxy) is 2. The second-order valence-electron chi connectivity index (χ2n) is 9.58. The third-order valence-corrected chi connectivity index (χ3v) is 7.09. The lowest BCUT2D eigenvalue weighted by molar-refractivity contribution is -0.120. The largest absolute Gasteiger partial charge is 0.497 e. The van der Waals surface area contributed by atoms with Gasteiger partial charge in [0.1, 0.15) is 23.4 Å². The Bertz CT molecular complexity index is 1380. The van der Waals surface area contributed by atoms with E-state index in [1.807, 2.05) is 80.3 Å². The summed E-state index contributed by atoms with van der Waals surface area (Å²) >= 11 is 0. The SMILES string of the molecule is COc1cccc(OC2CCc3cc(-c4c(C)noc4C)ccc3N(C(=O)C(C)c3ccccc3)C2)c1. The van der Waals surface area contributed by atoms with E-state index in [0.717, 1.165) is 63.7 Å². The fraction of sp³-hybridized carbons (Fsp3) is 0.290. The summed E-state index contributed by atoms with van der Waals surface area (Å²) in [5, 5.41) is 4.13. The van der Waals surface area contributed by atoms with Gasteiger partial charge < -0.3 is 18.9 Å². The van der Waals surface area contributed by atoms with E-state index in [2.05, 4.69) is 23.4 Å². The number of hydrogen-bond donors (Lipinski definition) is 0. The third-order valence-electron chi connectivity index (χ3n) is 7.09. The quantitative estimate of drug-likeness (QED) is 0.305. The molecule has 3 aromatic carbocycles. The Balaban J connectivity index is 1.51. The van der Waals surface area contributed by atoms with Crippen LogP contribution in [0.4, 0.5) is 5.69 Å². The van der Waals surface area contributed by atoms with Crippen LogP contribution in [-0.2, 0) is 11.2 Å². The molecule has 190 valence electrons. The van der Waals surface area contributed by atoms with Gasteiger partial charge in [0.2, 0.25) is 5.91 Å². The van der Waals surface area contributed by atoms with Crippen molar-refractivity contribution in [3.05, 3.63) is 95.4 Å². The summed E-state index contributed by atoms with van der Waals surface area (Å²) in [6.45, 7) is 6.31. The van der Waals surface area contributed by atoms with Gasteiger partial charge in [0, 0.05) is 17.3 Å². The van der Waals surface area contributed by atoms with E-state index in [1.165, 1.54) is 0 Å². The number of benzene rings is 3. The van der Waals surface area contributed by atoms with Crippen LogP contribution in [-0.4, -0.2) is 30.8 Å². The lowest BCUT2D eigenvalue weighted by Gasteiger charge is -2.29. The zero-order valence-corrected chi connectivity index (χ0v) is 21.7. The number of methoxy groups -OCH3 is 1. The van der Waals surface area contributed by atoms with Gasteiger partial charge in [-0.1, -0.05) is 47.6 Å². The van der Waals surface area contributed by atoms with Crippen LogP contribution in [0.5, 0.6) is 11.5 Å². The van der Waals surface area contributed by atoms with Crippen LogP contribution in [0, 0.1) is 13.8 Å². The minimum atomic E-state index is -0.285. The molecule has 0 bridgehead atoms. The Kier molecular flexibility index (Phi) is 6.99. The van der Waals surface area contributed by atoms with Crippen LogP contribution in [0.25, 0.3) is 11.1 Å². The highest BCUT2D eigenvalue weighted by molar-refractivity contribution is 5.99. The first-order valence-corrected chi connectivity index (χ1v) is 12.7. The summed E-state index contributed by atoms with van der Waals surface area (Å²) in [6.07, 6.45) is 1.39. The zero-order chi connectivity index (χ0) is 25.9. The molecule has 5 rings (SSSR count). The molecule has 2 heterocycles. The molecule has 0 N–H and O–H groups in total. The topological polar surface area (TPSA) is 64.8 Å². The minimum absolute atomic E-state index is 0.0543. The summed E-state index contributed by atoms with van der Waals surface area (Å²) in [7, 11) is 1.64. The number of nitrogens with zero attached hydrogens (tertiary/aromatic N) is 2. The molecule has 1 amide bonds. The van der Waals surface area contributed by atoms with Gasteiger partial charge in [-0.15, -0.1) is 0 Å². The maximum atomic E-state index is 14.0. The molecular formula is C31H32N2O4. The number of carbonyl (C=O) groups is 1. The summed E-state index contributed by atoms with van der Waals surface area (Å²) in [6, 6.07) is 23.8. The summed E-state index contributed by atoms with van der Waals surface area (Å²) < 4.78 is 17.2. The van der Waals surface area contributed by atoms with Crippen molar-refractivity contribution in [1.82, 2.24) is 5.16 Å². The molecule has 1 aliphatic heterocycles. The maximum absolute atomic E-state index is 14.0. The molecule has 0 saturated carbocycles. The molecule has 37 heavy (non-hydrogen) atoms. The molecule has 2 atom stereocenters. The number of carbonyl (C=O) groups excluding carboxylic acids is 1. The lowest BCUT2D eigenvalue weighted by Crippen LogP contribution is -2.41. The Morgan fingerprint density at radius 2 is 1.81 bits per heavy atom. The van der Waals surface area contributed by atoms with E-state index in [-0.39, 0.29) is 17.9 Å². The molecule has 0 fully saturated rings. The fourth-order valence-corrected chi connectivity index (χ4v) is 5.10. The Morgan fingerprint density at radius 3 is 2.54 bits per heavy atom. The number of hydrogen-bond acceptors (Lipinski definition) is 5. The first kappa shape index (κ1) is 24.6. The summed E-state index contributed by atoms with van der Waals surface area (Å²) in [4.78, 5) is 15.9. The van der Waals surface area contributed by atoms with E-state index in [1.54, 1.807) is 7.11 Å². The van der Waals surface area contributed by atoms with Crippen molar-refractivity contribution in [2.24, 2.45) is 0 Å². The van der Waals surface area contributed by atoms with E-state index in [9.17, 15) is 4.79 Å². The Hall–Kier alpha value is -4.06. The van der Waals surface area contributed by atoms with Crippen molar-refractivity contribution in [2.45, 2.75) is 45.6 Å². The van der Waals surface area contributed by atoms with Gasteiger partial charge in [0.05, 0.1) is 25.3 Å². The molecular weight excluding hydrogens is 464 g/mol. The van der Waals surface area contributed by atoms with Gasteiger partial charge in [-0.05, 0) is 74.6 Å². The van der Waals surface area contributed by atoms with Gasteiger partial charge in [-0.2, -0.15) is 0 Å². The molecule has 2 unspecified atom stereocenters.